The van der Waals surface area contributed by atoms with Crippen LogP contribution in [0.2, 0.25) is 5.02 Å². The summed E-state index contributed by atoms with van der Waals surface area (Å²) in [7, 11) is 0. The lowest BCUT2D eigenvalue weighted by molar-refractivity contribution is 0.511. The van der Waals surface area contributed by atoms with Crippen LogP contribution in [-0.2, 0) is 0 Å². The van der Waals surface area contributed by atoms with Gasteiger partial charge in [0, 0.05) is 23.4 Å². The van der Waals surface area contributed by atoms with Gasteiger partial charge in [0.1, 0.15) is 0 Å². The average Bonchev–Trinajstić information content (AvgIpc) is 2.38. The lowest BCUT2D eigenvalue weighted by Gasteiger charge is -2.18. The molecule has 0 radical (unpaired) electrons. The second kappa shape index (κ2) is 9.33. The zero-order chi connectivity index (χ0) is 13.2. The van der Waals surface area contributed by atoms with Gasteiger partial charge in [0.25, 0.3) is 0 Å². The highest BCUT2D eigenvalue weighted by Gasteiger charge is 2.09. The molecular weight excluding hydrogens is 262 g/mol. The number of thioether (sulfide) groups is 1. The third-order valence-corrected chi connectivity index (χ3v) is 3.79. The van der Waals surface area contributed by atoms with Gasteiger partial charge in [-0.1, -0.05) is 43.0 Å². The Hall–Kier alpha value is -0.620. The summed E-state index contributed by atoms with van der Waals surface area (Å²) >= 11 is 7.70. The van der Waals surface area contributed by atoms with Crippen molar-refractivity contribution < 1.29 is 0 Å². The minimum Gasteiger partial charge on any atom is -0.309 e. The van der Waals surface area contributed by atoms with Crippen molar-refractivity contribution in [1.29, 1.82) is 0 Å². The van der Waals surface area contributed by atoms with Crippen LogP contribution in [0.4, 0.5) is 0 Å². The fourth-order valence-corrected chi connectivity index (χ4v) is 2.46. The van der Waals surface area contributed by atoms with E-state index in [9.17, 15) is 0 Å². The lowest BCUT2D eigenvalue weighted by atomic mass is 10.0. The summed E-state index contributed by atoms with van der Waals surface area (Å²) in [4.78, 5) is 0. The summed E-state index contributed by atoms with van der Waals surface area (Å²) in [6.07, 6.45) is 7.52. The zero-order valence-electron chi connectivity index (χ0n) is 10.8. The molecule has 0 spiro atoms. The number of benzene rings is 1. The Bertz CT molecular complexity index is 369. The van der Waals surface area contributed by atoms with Crippen LogP contribution in [0.25, 0.3) is 0 Å². The first-order valence-electron chi connectivity index (χ1n) is 6.28. The molecule has 0 heterocycles. The van der Waals surface area contributed by atoms with Gasteiger partial charge in [-0.25, -0.2) is 0 Å². The molecule has 0 saturated carbocycles. The van der Waals surface area contributed by atoms with Gasteiger partial charge in [-0.3, -0.25) is 0 Å². The van der Waals surface area contributed by atoms with E-state index in [-0.39, 0.29) is 0 Å². The standard InChI is InChI=1S/C15H20ClNS/c1-3-5-15(17-10-12-18-11-4-2)13-6-8-14(16)9-7-13/h2,6-9,15,17H,3,5,10-12H2,1H3. The molecule has 1 atom stereocenters. The van der Waals surface area contributed by atoms with Gasteiger partial charge in [-0.2, -0.15) is 0 Å². The molecule has 0 saturated heterocycles. The molecule has 98 valence electrons. The van der Waals surface area contributed by atoms with E-state index in [1.807, 2.05) is 12.1 Å². The van der Waals surface area contributed by atoms with Gasteiger partial charge in [0.15, 0.2) is 0 Å². The van der Waals surface area contributed by atoms with Crippen LogP contribution in [0.3, 0.4) is 0 Å². The first kappa shape index (κ1) is 15.4. The highest BCUT2D eigenvalue weighted by Crippen LogP contribution is 2.20. The topological polar surface area (TPSA) is 12.0 Å². The third kappa shape index (κ3) is 5.82. The van der Waals surface area contributed by atoms with Crippen molar-refractivity contribution in [2.24, 2.45) is 0 Å². The smallest absolute Gasteiger partial charge is 0.0545 e. The number of nitrogens with one attached hydrogen (secondary N) is 1. The highest BCUT2D eigenvalue weighted by atomic mass is 35.5. The maximum absolute atomic E-state index is 5.91. The van der Waals surface area contributed by atoms with Gasteiger partial charge in [0.2, 0.25) is 0 Å². The summed E-state index contributed by atoms with van der Waals surface area (Å²) in [6.45, 7) is 3.19. The zero-order valence-corrected chi connectivity index (χ0v) is 12.4. The predicted molar refractivity (Wildman–Crippen MR) is 83.3 cm³/mol. The molecule has 0 aromatic heterocycles. The van der Waals surface area contributed by atoms with Crippen LogP contribution in [0.5, 0.6) is 0 Å². The molecule has 3 heteroatoms. The van der Waals surface area contributed by atoms with Crippen molar-refractivity contribution in [3.05, 3.63) is 34.9 Å². The summed E-state index contributed by atoms with van der Waals surface area (Å²) in [5, 5.41) is 4.37. The van der Waals surface area contributed by atoms with Gasteiger partial charge in [0.05, 0.1) is 5.75 Å². The summed E-state index contributed by atoms with van der Waals surface area (Å²) in [6, 6.07) is 8.52. The van der Waals surface area contributed by atoms with Crippen molar-refractivity contribution in [3.8, 4) is 12.3 Å². The van der Waals surface area contributed by atoms with Crippen LogP contribution in [0.1, 0.15) is 31.4 Å². The third-order valence-electron chi connectivity index (χ3n) is 2.67. The molecule has 1 N–H and O–H groups in total. The number of hydrogen-bond acceptors (Lipinski definition) is 2. The normalized spacial score (nSPS) is 12.1. The van der Waals surface area contributed by atoms with Crippen molar-refractivity contribution in [3.63, 3.8) is 0 Å². The molecule has 1 aromatic rings. The van der Waals surface area contributed by atoms with E-state index in [0.29, 0.717) is 6.04 Å². The van der Waals surface area contributed by atoms with Crippen LogP contribution >= 0.6 is 23.4 Å². The van der Waals surface area contributed by atoms with E-state index in [1.54, 1.807) is 11.8 Å². The molecule has 0 amide bonds. The first-order chi connectivity index (χ1) is 8.77. The van der Waals surface area contributed by atoms with Crippen LogP contribution < -0.4 is 5.32 Å². The maximum Gasteiger partial charge on any atom is 0.0545 e. The Labute approximate surface area is 120 Å². The van der Waals surface area contributed by atoms with Gasteiger partial charge >= 0.3 is 0 Å². The van der Waals surface area contributed by atoms with E-state index < -0.39 is 0 Å². The second-order valence-electron chi connectivity index (χ2n) is 4.10. The Morgan fingerprint density at radius 3 is 2.72 bits per heavy atom. The van der Waals surface area contributed by atoms with Crippen molar-refractivity contribution >= 4 is 23.4 Å². The highest BCUT2D eigenvalue weighted by molar-refractivity contribution is 7.99. The molecule has 1 rings (SSSR count). The van der Waals surface area contributed by atoms with Crippen molar-refractivity contribution in [2.75, 3.05) is 18.1 Å². The lowest BCUT2D eigenvalue weighted by Crippen LogP contribution is -2.23. The number of hydrogen-bond donors (Lipinski definition) is 1. The molecule has 18 heavy (non-hydrogen) atoms. The quantitative estimate of drug-likeness (QED) is 0.568. The fraction of sp³-hybridized carbons (Fsp3) is 0.467. The van der Waals surface area contributed by atoms with Gasteiger partial charge in [-0.05, 0) is 24.1 Å². The minimum absolute atomic E-state index is 0.415. The molecule has 0 fully saturated rings. The Balaban J connectivity index is 2.44. The molecular formula is C15H20ClNS. The average molecular weight is 282 g/mol. The number of rotatable bonds is 8. The first-order valence-corrected chi connectivity index (χ1v) is 7.81. The maximum atomic E-state index is 5.91. The SMILES string of the molecule is C#CCSCCNC(CCC)c1ccc(Cl)cc1. The van der Waals surface area contributed by atoms with Crippen LogP contribution in [0, 0.1) is 12.3 Å². The van der Waals surface area contributed by atoms with Gasteiger partial charge in [-0.15, -0.1) is 18.2 Å². The molecule has 1 unspecified atom stereocenters. The van der Waals surface area contributed by atoms with Crippen molar-refractivity contribution in [1.82, 2.24) is 5.32 Å². The Morgan fingerprint density at radius 2 is 2.11 bits per heavy atom. The molecule has 0 aliphatic heterocycles. The molecule has 0 bridgehead atoms. The molecule has 0 aliphatic rings. The number of terminal acetylenes is 1. The van der Waals surface area contributed by atoms with Crippen molar-refractivity contribution in [2.45, 2.75) is 25.8 Å². The van der Waals surface area contributed by atoms with E-state index in [4.69, 9.17) is 18.0 Å². The fourth-order valence-electron chi connectivity index (χ4n) is 1.81. The van der Waals surface area contributed by atoms with Gasteiger partial charge < -0.3 is 5.32 Å². The molecule has 1 nitrogen and oxygen atoms in total. The summed E-state index contributed by atoms with van der Waals surface area (Å²) in [5.41, 5.74) is 1.31. The predicted octanol–water partition coefficient (Wildman–Crippen LogP) is 4.14. The molecule has 0 aliphatic carbocycles. The minimum atomic E-state index is 0.415. The van der Waals surface area contributed by atoms with E-state index in [0.717, 1.165) is 35.9 Å². The largest absolute Gasteiger partial charge is 0.309 e. The monoisotopic (exact) mass is 281 g/mol. The van der Waals surface area contributed by atoms with E-state index >= 15 is 0 Å². The van der Waals surface area contributed by atoms with Crippen LogP contribution in [0.15, 0.2) is 24.3 Å². The van der Waals surface area contributed by atoms with E-state index in [1.165, 1.54) is 5.56 Å². The Kier molecular flexibility index (Phi) is 8.00. The van der Waals surface area contributed by atoms with E-state index in [2.05, 4.69) is 30.3 Å². The number of halogens is 1. The van der Waals surface area contributed by atoms with Crippen LogP contribution in [-0.4, -0.2) is 18.1 Å². The Morgan fingerprint density at radius 1 is 1.39 bits per heavy atom. The summed E-state index contributed by atoms with van der Waals surface area (Å²) in [5.74, 6) is 4.49. The molecule has 1 aromatic carbocycles. The summed E-state index contributed by atoms with van der Waals surface area (Å²) < 4.78 is 0. The second-order valence-corrected chi connectivity index (χ2v) is 5.65.